The molecule has 0 spiro atoms. The predicted molar refractivity (Wildman–Crippen MR) is 90.8 cm³/mol. The zero-order valence-electron chi connectivity index (χ0n) is 13.0. The van der Waals surface area contributed by atoms with Crippen molar-refractivity contribution in [2.24, 2.45) is 5.92 Å². The maximum Gasteiger partial charge on any atom is 0.0579 e. The molecule has 4 aliphatic rings. The van der Waals surface area contributed by atoms with Gasteiger partial charge in [-0.25, -0.2) is 0 Å². The summed E-state index contributed by atoms with van der Waals surface area (Å²) in [6.07, 6.45) is 9.94. The van der Waals surface area contributed by atoms with Crippen molar-refractivity contribution >= 4 is 11.8 Å². The summed E-state index contributed by atoms with van der Waals surface area (Å²) in [7, 11) is 0. The molecule has 0 saturated carbocycles. The molecule has 3 heteroatoms. The van der Waals surface area contributed by atoms with E-state index in [-0.39, 0.29) is 12.0 Å². The molecule has 0 unspecified atom stereocenters. The summed E-state index contributed by atoms with van der Waals surface area (Å²) in [5.41, 5.74) is 3.14. The number of fused-ring (bicyclic) bond motifs is 4. The van der Waals surface area contributed by atoms with E-state index < -0.39 is 0 Å². The standard InChI is InChI=1S/C19H24N2O/c1-2-15-4-3-5-16-18(15)19(13-22,8-9-20-16)17-12-14-6-10-21(17)11-7-14/h2-5,8-9,14,17,20,22H,1,6-7,10-13H2/t17-,19-/m1/s1. The third-order valence-electron chi connectivity index (χ3n) is 5.90. The van der Waals surface area contributed by atoms with E-state index in [2.05, 4.69) is 41.1 Å². The minimum Gasteiger partial charge on any atom is -0.395 e. The van der Waals surface area contributed by atoms with Crippen molar-refractivity contribution in [3.05, 3.63) is 48.2 Å². The van der Waals surface area contributed by atoms with Gasteiger partial charge in [-0.15, -0.1) is 0 Å². The quantitative estimate of drug-likeness (QED) is 0.900. The molecule has 0 aromatic heterocycles. The highest BCUT2D eigenvalue weighted by molar-refractivity contribution is 5.71. The van der Waals surface area contributed by atoms with E-state index >= 15 is 0 Å². The predicted octanol–water partition coefficient (Wildman–Crippen LogP) is 2.98. The van der Waals surface area contributed by atoms with Gasteiger partial charge in [-0.1, -0.05) is 30.9 Å². The number of nitrogens with one attached hydrogen (secondary N) is 1. The number of anilines is 1. The van der Waals surface area contributed by atoms with Crippen molar-refractivity contribution in [2.75, 3.05) is 25.0 Å². The van der Waals surface area contributed by atoms with Gasteiger partial charge < -0.3 is 10.4 Å². The topological polar surface area (TPSA) is 35.5 Å². The Labute approximate surface area is 132 Å². The fraction of sp³-hybridized carbons (Fsp3) is 0.474. The molecule has 116 valence electrons. The molecule has 4 aliphatic heterocycles. The lowest BCUT2D eigenvalue weighted by atomic mass is 9.65. The van der Waals surface area contributed by atoms with Gasteiger partial charge in [-0.05, 0) is 61.7 Å². The molecule has 1 aromatic carbocycles. The van der Waals surface area contributed by atoms with Crippen molar-refractivity contribution in [1.29, 1.82) is 0 Å². The summed E-state index contributed by atoms with van der Waals surface area (Å²) >= 11 is 0. The zero-order valence-corrected chi connectivity index (χ0v) is 13.0. The van der Waals surface area contributed by atoms with Gasteiger partial charge in [0.25, 0.3) is 0 Å². The van der Waals surface area contributed by atoms with Crippen LogP contribution in [0, 0.1) is 5.92 Å². The maximum atomic E-state index is 10.4. The third kappa shape index (κ3) is 1.89. The zero-order chi connectivity index (χ0) is 15.2. The van der Waals surface area contributed by atoms with E-state index in [0.29, 0.717) is 6.04 Å². The lowest BCUT2D eigenvalue weighted by Crippen LogP contribution is -2.59. The Morgan fingerprint density at radius 1 is 1.36 bits per heavy atom. The van der Waals surface area contributed by atoms with Gasteiger partial charge in [0.1, 0.15) is 0 Å². The van der Waals surface area contributed by atoms with Crippen LogP contribution in [-0.4, -0.2) is 35.7 Å². The van der Waals surface area contributed by atoms with Crippen LogP contribution in [0.3, 0.4) is 0 Å². The smallest absolute Gasteiger partial charge is 0.0579 e. The maximum absolute atomic E-state index is 10.4. The number of aliphatic hydroxyl groups excluding tert-OH is 1. The SMILES string of the molecule is C=Cc1cccc2c1[C@](CO)([C@H]1CC3CCN1CC3)C=CN2. The molecule has 0 amide bonds. The highest BCUT2D eigenvalue weighted by Crippen LogP contribution is 2.47. The minimum atomic E-state index is -0.315. The van der Waals surface area contributed by atoms with Gasteiger partial charge in [0.2, 0.25) is 0 Å². The van der Waals surface area contributed by atoms with Crippen LogP contribution >= 0.6 is 0 Å². The Hall–Kier alpha value is -1.58. The first-order chi connectivity index (χ1) is 10.8. The lowest BCUT2D eigenvalue weighted by Gasteiger charge is -2.54. The highest BCUT2D eigenvalue weighted by Gasteiger charge is 2.48. The van der Waals surface area contributed by atoms with Crippen LogP contribution in [-0.2, 0) is 5.41 Å². The van der Waals surface area contributed by atoms with Crippen LogP contribution in [0.5, 0.6) is 0 Å². The molecule has 4 heterocycles. The fourth-order valence-electron chi connectivity index (χ4n) is 4.76. The Morgan fingerprint density at radius 2 is 2.18 bits per heavy atom. The molecule has 2 bridgehead atoms. The van der Waals surface area contributed by atoms with Crippen LogP contribution in [0.2, 0.25) is 0 Å². The van der Waals surface area contributed by atoms with Gasteiger partial charge in [0.05, 0.1) is 12.0 Å². The molecular formula is C19H24N2O. The second-order valence-corrected chi connectivity index (χ2v) is 6.88. The van der Waals surface area contributed by atoms with E-state index in [1.54, 1.807) is 0 Å². The van der Waals surface area contributed by atoms with E-state index in [9.17, 15) is 5.11 Å². The van der Waals surface area contributed by atoms with Crippen molar-refractivity contribution in [1.82, 2.24) is 4.90 Å². The van der Waals surface area contributed by atoms with Crippen LogP contribution in [0.4, 0.5) is 5.69 Å². The largest absolute Gasteiger partial charge is 0.395 e. The molecule has 3 nitrogen and oxygen atoms in total. The Bertz CT molecular complexity index is 616. The summed E-state index contributed by atoms with van der Waals surface area (Å²) in [6.45, 7) is 6.48. The normalized spacial score (nSPS) is 35.8. The summed E-state index contributed by atoms with van der Waals surface area (Å²) in [6, 6.07) is 6.65. The van der Waals surface area contributed by atoms with E-state index in [4.69, 9.17) is 0 Å². The molecule has 3 fully saturated rings. The number of hydrogen-bond acceptors (Lipinski definition) is 3. The van der Waals surface area contributed by atoms with Crippen LogP contribution in [0.1, 0.15) is 30.4 Å². The number of hydrogen-bond donors (Lipinski definition) is 2. The van der Waals surface area contributed by atoms with Crippen LogP contribution in [0.25, 0.3) is 6.08 Å². The van der Waals surface area contributed by atoms with Crippen molar-refractivity contribution < 1.29 is 5.11 Å². The first-order valence-electron chi connectivity index (χ1n) is 8.33. The van der Waals surface area contributed by atoms with Gasteiger partial charge in [0.15, 0.2) is 0 Å². The molecule has 0 radical (unpaired) electrons. The monoisotopic (exact) mass is 296 g/mol. The van der Waals surface area contributed by atoms with Crippen molar-refractivity contribution in [3.8, 4) is 0 Å². The van der Waals surface area contributed by atoms with Gasteiger partial charge in [-0.2, -0.15) is 0 Å². The second-order valence-electron chi connectivity index (χ2n) is 6.88. The van der Waals surface area contributed by atoms with Gasteiger partial charge in [-0.3, -0.25) is 4.90 Å². The van der Waals surface area contributed by atoms with E-state index in [0.717, 1.165) is 17.2 Å². The van der Waals surface area contributed by atoms with Crippen molar-refractivity contribution in [3.63, 3.8) is 0 Å². The highest BCUT2D eigenvalue weighted by atomic mass is 16.3. The first-order valence-corrected chi connectivity index (χ1v) is 8.33. The van der Waals surface area contributed by atoms with Crippen LogP contribution < -0.4 is 5.32 Å². The molecular weight excluding hydrogens is 272 g/mol. The minimum absolute atomic E-state index is 0.150. The Kier molecular flexibility index (Phi) is 3.35. The summed E-state index contributed by atoms with van der Waals surface area (Å²) in [4.78, 5) is 2.59. The van der Waals surface area contributed by atoms with Crippen LogP contribution in [0.15, 0.2) is 37.1 Å². The molecule has 5 rings (SSSR count). The average molecular weight is 296 g/mol. The number of benzene rings is 1. The van der Waals surface area contributed by atoms with E-state index in [1.165, 1.54) is 37.9 Å². The third-order valence-corrected chi connectivity index (χ3v) is 5.90. The summed E-state index contributed by atoms with van der Waals surface area (Å²) in [5, 5.41) is 13.8. The second kappa shape index (κ2) is 5.25. The van der Waals surface area contributed by atoms with Gasteiger partial charge >= 0.3 is 0 Å². The van der Waals surface area contributed by atoms with Gasteiger partial charge in [0, 0.05) is 11.7 Å². The molecule has 2 atom stereocenters. The Balaban J connectivity index is 1.86. The first kappa shape index (κ1) is 14.0. The Morgan fingerprint density at radius 3 is 2.82 bits per heavy atom. The summed E-state index contributed by atoms with van der Waals surface area (Å²) in [5.74, 6) is 0.820. The van der Waals surface area contributed by atoms with Crippen molar-refractivity contribution in [2.45, 2.75) is 30.7 Å². The molecule has 3 saturated heterocycles. The fourth-order valence-corrected chi connectivity index (χ4v) is 4.76. The molecule has 2 N–H and O–H groups in total. The number of nitrogens with zero attached hydrogens (tertiary/aromatic N) is 1. The number of aliphatic hydroxyl groups is 1. The molecule has 1 aromatic rings. The summed E-state index contributed by atoms with van der Waals surface area (Å²) < 4.78 is 0. The van der Waals surface area contributed by atoms with E-state index in [1.807, 2.05) is 12.3 Å². The molecule has 22 heavy (non-hydrogen) atoms. The number of piperidine rings is 3. The average Bonchev–Trinajstić information content (AvgIpc) is 2.61. The number of rotatable bonds is 3. The lowest BCUT2D eigenvalue weighted by molar-refractivity contribution is -0.00000858. The molecule has 0 aliphatic carbocycles.